The predicted molar refractivity (Wildman–Crippen MR) is 50.3 cm³/mol. The summed E-state index contributed by atoms with van der Waals surface area (Å²) in [5.74, 6) is 0. The Labute approximate surface area is 75.3 Å². The predicted octanol–water partition coefficient (Wildman–Crippen LogP) is 2.49. The fourth-order valence-corrected chi connectivity index (χ4v) is 3.54. The average molecular weight is 194 g/mol. The molecule has 0 spiro atoms. The first-order valence-corrected chi connectivity index (χ1v) is 6.64. The standard InChI is InChI=1S/C8H19FO2Si/c1-4-12(10-2,11-3)8-6-5-7-9/h4-8H2,1-3H3. The summed E-state index contributed by atoms with van der Waals surface area (Å²) in [4.78, 5) is 0. The van der Waals surface area contributed by atoms with Crippen LogP contribution in [-0.4, -0.2) is 29.5 Å². The van der Waals surface area contributed by atoms with Crippen molar-refractivity contribution < 1.29 is 13.2 Å². The minimum Gasteiger partial charge on any atom is -0.398 e. The van der Waals surface area contributed by atoms with Gasteiger partial charge < -0.3 is 8.85 Å². The normalized spacial score (nSPS) is 12.0. The topological polar surface area (TPSA) is 18.5 Å². The smallest absolute Gasteiger partial charge is 0.337 e. The van der Waals surface area contributed by atoms with Gasteiger partial charge in [0.1, 0.15) is 0 Å². The van der Waals surface area contributed by atoms with Crippen LogP contribution in [0, 0.1) is 0 Å². The van der Waals surface area contributed by atoms with E-state index in [1.165, 1.54) is 0 Å². The third kappa shape index (κ3) is 3.65. The lowest BCUT2D eigenvalue weighted by Crippen LogP contribution is -2.38. The van der Waals surface area contributed by atoms with Crippen LogP contribution in [0.25, 0.3) is 0 Å². The van der Waals surface area contributed by atoms with Crippen molar-refractivity contribution in [2.45, 2.75) is 31.9 Å². The molecule has 4 heteroatoms. The Morgan fingerprint density at radius 1 is 1.17 bits per heavy atom. The maximum absolute atomic E-state index is 11.8. The van der Waals surface area contributed by atoms with E-state index in [0.717, 1.165) is 18.5 Å². The summed E-state index contributed by atoms with van der Waals surface area (Å²) in [6, 6.07) is 1.84. The summed E-state index contributed by atoms with van der Waals surface area (Å²) < 4.78 is 22.6. The Balaban J connectivity index is 3.76. The average Bonchev–Trinajstić information content (AvgIpc) is 2.14. The molecule has 0 aromatic rings. The highest BCUT2D eigenvalue weighted by atomic mass is 28.4. The van der Waals surface area contributed by atoms with Crippen LogP contribution in [0.15, 0.2) is 0 Å². The quantitative estimate of drug-likeness (QED) is 0.458. The lowest BCUT2D eigenvalue weighted by molar-refractivity contribution is 0.241. The van der Waals surface area contributed by atoms with Crippen molar-refractivity contribution >= 4 is 8.56 Å². The molecule has 0 unspecified atom stereocenters. The molecule has 0 fully saturated rings. The van der Waals surface area contributed by atoms with Gasteiger partial charge in [-0.05, 0) is 24.9 Å². The first kappa shape index (κ1) is 12.1. The lowest BCUT2D eigenvalue weighted by atomic mass is 10.4. The molecule has 0 radical (unpaired) electrons. The Morgan fingerprint density at radius 3 is 2.08 bits per heavy atom. The van der Waals surface area contributed by atoms with E-state index in [0.29, 0.717) is 6.42 Å². The van der Waals surface area contributed by atoms with E-state index in [1.807, 2.05) is 0 Å². The Morgan fingerprint density at radius 2 is 1.75 bits per heavy atom. The molecular weight excluding hydrogens is 175 g/mol. The van der Waals surface area contributed by atoms with Crippen molar-refractivity contribution in [3.05, 3.63) is 0 Å². The second-order valence-electron chi connectivity index (χ2n) is 2.82. The maximum atomic E-state index is 11.8. The van der Waals surface area contributed by atoms with Crippen molar-refractivity contribution in [1.82, 2.24) is 0 Å². The molecule has 0 saturated heterocycles. The molecule has 2 nitrogen and oxygen atoms in total. The summed E-state index contributed by atoms with van der Waals surface area (Å²) in [7, 11) is 1.46. The van der Waals surface area contributed by atoms with Crippen molar-refractivity contribution in [3.8, 4) is 0 Å². The van der Waals surface area contributed by atoms with Gasteiger partial charge in [0, 0.05) is 14.2 Å². The number of hydrogen-bond donors (Lipinski definition) is 0. The molecular formula is C8H19FO2Si. The first-order valence-electron chi connectivity index (χ1n) is 4.41. The Hall–Kier alpha value is 0.0669. The maximum Gasteiger partial charge on any atom is 0.337 e. The summed E-state index contributed by atoms with van der Waals surface area (Å²) >= 11 is 0. The largest absolute Gasteiger partial charge is 0.398 e. The van der Waals surface area contributed by atoms with Crippen LogP contribution in [-0.2, 0) is 8.85 Å². The summed E-state index contributed by atoms with van der Waals surface area (Å²) in [5, 5.41) is 0. The SMILES string of the molecule is CC[Si](CCCCF)(OC)OC. The van der Waals surface area contributed by atoms with Gasteiger partial charge in [0.05, 0.1) is 6.67 Å². The van der Waals surface area contributed by atoms with Gasteiger partial charge in [-0.25, -0.2) is 0 Å². The van der Waals surface area contributed by atoms with Crippen LogP contribution in [0.2, 0.25) is 12.1 Å². The number of halogens is 1. The molecule has 0 aliphatic carbocycles. The van der Waals surface area contributed by atoms with E-state index >= 15 is 0 Å². The van der Waals surface area contributed by atoms with Crippen LogP contribution in [0.3, 0.4) is 0 Å². The number of hydrogen-bond acceptors (Lipinski definition) is 2. The summed E-state index contributed by atoms with van der Waals surface area (Å²) in [6.07, 6.45) is 1.50. The van der Waals surface area contributed by atoms with Gasteiger partial charge >= 0.3 is 8.56 Å². The van der Waals surface area contributed by atoms with Gasteiger partial charge in [0.2, 0.25) is 0 Å². The second-order valence-corrected chi connectivity index (χ2v) is 6.66. The van der Waals surface area contributed by atoms with Crippen LogP contribution in [0.4, 0.5) is 4.39 Å². The molecule has 0 rings (SSSR count). The monoisotopic (exact) mass is 194 g/mol. The van der Waals surface area contributed by atoms with Crippen LogP contribution in [0.1, 0.15) is 19.8 Å². The molecule has 0 aliphatic rings. The van der Waals surface area contributed by atoms with Crippen molar-refractivity contribution in [1.29, 1.82) is 0 Å². The fourth-order valence-electron chi connectivity index (χ4n) is 1.24. The molecule has 0 aromatic carbocycles. The molecule has 0 amide bonds. The number of unbranched alkanes of at least 4 members (excludes halogenated alkanes) is 1. The molecule has 0 N–H and O–H groups in total. The van der Waals surface area contributed by atoms with E-state index in [9.17, 15) is 4.39 Å². The minimum atomic E-state index is -1.92. The molecule has 0 atom stereocenters. The molecule has 0 aliphatic heterocycles. The van der Waals surface area contributed by atoms with Crippen molar-refractivity contribution in [2.24, 2.45) is 0 Å². The molecule has 0 aromatic heterocycles. The zero-order valence-corrected chi connectivity index (χ0v) is 9.23. The molecule has 0 heterocycles. The zero-order valence-electron chi connectivity index (χ0n) is 8.23. The van der Waals surface area contributed by atoms with Gasteiger partial charge in [-0.2, -0.15) is 0 Å². The van der Waals surface area contributed by atoms with Gasteiger partial charge in [-0.15, -0.1) is 0 Å². The lowest BCUT2D eigenvalue weighted by Gasteiger charge is -2.25. The second kappa shape index (κ2) is 6.57. The van der Waals surface area contributed by atoms with Crippen LogP contribution < -0.4 is 0 Å². The van der Waals surface area contributed by atoms with E-state index in [1.54, 1.807) is 14.2 Å². The number of alkyl halides is 1. The molecule has 12 heavy (non-hydrogen) atoms. The van der Waals surface area contributed by atoms with E-state index < -0.39 is 8.56 Å². The Kier molecular flexibility index (Phi) is 6.61. The first-order chi connectivity index (χ1) is 5.74. The van der Waals surface area contributed by atoms with E-state index in [4.69, 9.17) is 8.85 Å². The summed E-state index contributed by atoms with van der Waals surface area (Å²) in [5.41, 5.74) is 0. The van der Waals surface area contributed by atoms with E-state index in [-0.39, 0.29) is 6.67 Å². The van der Waals surface area contributed by atoms with Gasteiger partial charge in [0.15, 0.2) is 0 Å². The van der Waals surface area contributed by atoms with Crippen molar-refractivity contribution in [2.75, 3.05) is 20.9 Å². The zero-order chi connectivity index (χ0) is 9.45. The van der Waals surface area contributed by atoms with Crippen molar-refractivity contribution in [3.63, 3.8) is 0 Å². The van der Waals surface area contributed by atoms with Crippen LogP contribution >= 0.6 is 0 Å². The highest BCUT2D eigenvalue weighted by Gasteiger charge is 2.32. The third-order valence-electron chi connectivity index (χ3n) is 2.22. The highest BCUT2D eigenvalue weighted by molar-refractivity contribution is 6.67. The number of rotatable bonds is 7. The van der Waals surface area contributed by atoms with Gasteiger partial charge in [-0.3, -0.25) is 4.39 Å². The van der Waals surface area contributed by atoms with Crippen LogP contribution in [0.5, 0.6) is 0 Å². The highest BCUT2D eigenvalue weighted by Crippen LogP contribution is 2.19. The molecule has 74 valence electrons. The van der Waals surface area contributed by atoms with E-state index in [2.05, 4.69) is 6.92 Å². The Bertz CT molecular complexity index is 99.0. The fraction of sp³-hybridized carbons (Fsp3) is 1.00. The summed E-state index contributed by atoms with van der Waals surface area (Å²) in [6.45, 7) is 1.83. The molecule has 0 bridgehead atoms. The minimum absolute atomic E-state index is 0.235. The van der Waals surface area contributed by atoms with Gasteiger partial charge in [0.25, 0.3) is 0 Å². The third-order valence-corrected chi connectivity index (χ3v) is 5.90. The van der Waals surface area contributed by atoms with Gasteiger partial charge in [-0.1, -0.05) is 6.92 Å². The molecule has 0 saturated carbocycles.